The van der Waals surface area contributed by atoms with Crippen molar-refractivity contribution < 1.29 is 9.53 Å². The molecule has 118 valence electrons. The molecule has 0 aliphatic heterocycles. The Morgan fingerprint density at radius 2 is 1.90 bits per heavy atom. The standard InChI is InChI=1S/C19H30O2/c1-5-16(6-2)18(19(20)7-3)13-9-11-15-10-8-12-17(14-15)21-4/h8,10,12,14,16,18H,5-7,9,11,13H2,1-4H3/t18-/m0/s1. The Bertz CT molecular complexity index is 421. The lowest BCUT2D eigenvalue weighted by molar-refractivity contribution is -0.124. The number of hydrogen-bond acceptors (Lipinski definition) is 2. The Morgan fingerprint density at radius 1 is 1.19 bits per heavy atom. The zero-order chi connectivity index (χ0) is 15.7. The maximum absolute atomic E-state index is 12.2. The lowest BCUT2D eigenvalue weighted by Gasteiger charge is -2.23. The summed E-state index contributed by atoms with van der Waals surface area (Å²) >= 11 is 0. The van der Waals surface area contributed by atoms with Crippen molar-refractivity contribution >= 4 is 5.78 Å². The Morgan fingerprint density at radius 3 is 2.48 bits per heavy atom. The van der Waals surface area contributed by atoms with Crippen LogP contribution >= 0.6 is 0 Å². The van der Waals surface area contributed by atoms with Crippen molar-refractivity contribution in [3.8, 4) is 5.75 Å². The summed E-state index contributed by atoms with van der Waals surface area (Å²) in [6.07, 6.45) is 5.97. The number of ether oxygens (including phenoxy) is 1. The molecule has 1 atom stereocenters. The largest absolute Gasteiger partial charge is 0.497 e. The van der Waals surface area contributed by atoms with E-state index in [1.807, 2.05) is 19.1 Å². The van der Waals surface area contributed by atoms with Gasteiger partial charge in [-0.25, -0.2) is 0 Å². The molecule has 0 fully saturated rings. The molecule has 21 heavy (non-hydrogen) atoms. The van der Waals surface area contributed by atoms with E-state index in [0.29, 0.717) is 18.1 Å². The minimum absolute atomic E-state index is 0.246. The SMILES string of the molecule is CCC(=O)[C@@H](CCCc1cccc(OC)c1)C(CC)CC. The highest BCUT2D eigenvalue weighted by molar-refractivity contribution is 5.80. The maximum atomic E-state index is 12.2. The lowest BCUT2D eigenvalue weighted by atomic mass is 9.80. The molecule has 0 radical (unpaired) electrons. The summed E-state index contributed by atoms with van der Waals surface area (Å²) in [5.74, 6) is 2.14. The van der Waals surface area contributed by atoms with Crippen LogP contribution in [0, 0.1) is 11.8 Å². The Labute approximate surface area is 129 Å². The number of ketones is 1. The highest BCUT2D eigenvalue weighted by Gasteiger charge is 2.23. The molecule has 0 aromatic heterocycles. The predicted octanol–water partition coefficient (Wildman–Crippen LogP) is 5.05. The van der Waals surface area contributed by atoms with Gasteiger partial charge >= 0.3 is 0 Å². The first-order valence-electron chi connectivity index (χ1n) is 8.31. The summed E-state index contributed by atoms with van der Waals surface area (Å²) in [6, 6.07) is 8.23. The van der Waals surface area contributed by atoms with E-state index in [4.69, 9.17) is 4.74 Å². The van der Waals surface area contributed by atoms with Gasteiger partial charge in [0.15, 0.2) is 0 Å². The van der Waals surface area contributed by atoms with Crippen LogP contribution in [-0.4, -0.2) is 12.9 Å². The summed E-state index contributed by atoms with van der Waals surface area (Å²) in [5, 5.41) is 0. The highest BCUT2D eigenvalue weighted by Crippen LogP contribution is 2.27. The average molecular weight is 290 g/mol. The third kappa shape index (κ3) is 5.53. The van der Waals surface area contributed by atoms with Gasteiger partial charge in [0.1, 0.15) is 11.5 Å². The molecule has 0 heterocycles. The Kier molecular flexibility index (Phi) is 8.11. The van der Waals surface area contributed by atoms with Gasteiger partial charge in [0.05, 0.1) is 7.11 Å². The van der Waals surface area contributed by atoms with Gasteiger partial charge in [-0.05, 0) is 42.9 Å². The van der Waals surface area contributed by atoms with E-state index in [1.165, 1.54) is 5.56 Å². The van der Waals surface area contributed by atoms with Gasteiger partial charge in [0.25, 0.3) is 0 Å². The zero-order valence-corrected chi connectivity index (χ0v) is 14.0. The van der Waals surface area contributed by atoms with Gasteiger partial charge in [0.2, 0.25) is 0 Å². The summed E-state index contributed by atoms with van der Waals surface area (Å²) in [6.45, 7) is 6.39. The molecule has 0 aliphatic carbocycles. The number of carbonyl (C=O) groups is 1. The first kappa shape index (κ1) is 17.7. The van der Waals surface area contributed by atoms with E-state index >= 15 is 0 Å². The van der Waals surface area contributed by atoms with Crippen LogP contribution in [-0.2, 0) is 11.2 Å². The molecule has 0 spiro atoms. The van der Waals surface area contributed by atoms with Crippen LogP contribution in [0.15, 0.2) is 24.3 Å². The van der Waals surface area contributed by atoms with Crippen molar-refractivity contribution in [1.82, 2.24) is 0 Å². The molecule has 2 nitrogen and oxygen atoms in total. The highest BCUT2D eigenvalue weighted by atomic mass is 16.5. The van der Waals surface area contributed by atoms with E-state index < -0.39 is 0 Å². The molecule has 0 saturated heterocycles. The molecule has 0 aliphatic rings. The van der Waals surface area contributed by atoms with E-state index in [-0.39, 0.29) is 5.92 Å². The van der Waals surface area contributed by atoms with Crippen LogP contribution in [0.25, 0.3) is 0 Å². The summed E-state index contributed by atoms with van der Waals surface area (Å²) in [7, 11) is 1.70. The second-order valence-corrected chi connectivity index (χ2v) is 5.75. The molecule has 0 amide bonds. The second-order valence-electron chi connectivity index (χ2n) is 5.75. The number of carbonyl (C=O) groups excluding carboxylic acids is 1. The van der Waals surface area contributed by atoms with Gasteiger partial charge in [-0.2, -0.15) is 0 Å². The molecular formula is C19H30O2. The van der Waals surface area contributed by atoms with Crippen LogP contribution in [0.2, 0.25) is 0 Å². The zero-order valence-electron chi connectivity index (χ0n) is 14.0. The monoisotopic (exact) mass is 290 g/mol. The minimum atomic E-state index is 0.246. The fourth-order valence-electron chi connectivity index (χ4n) is 3.13. The van der Waals surface area contributed by atoms with Gasteiger partial charge in [-0.1, -0.05) is 45.7 Å². The van der Waals surface area contributed by atoms with Gasteiger partial charge in [-0.3, -0.25) is 4.79 Å². The second kappa shape index (κ2) is 9.59. The number of methoxy groups -OCH3 is 1. The van der Waals surface area contributed by atoms with E-state index in [1.54, 1.807) is 7.11 Å². The third-order valence-electron chi connectivity index (χ3n) is 4.49. The fourth-order valence-corrected chi connectivity index (χ4v) is 3.13. The van der Waals surface area contributed by atoms with Crippen LogP contribution in [0.5, 0.6) is 5.75 Å². The smallest absolute Gasteiger partial charge is 0.135 e. The van der Waals surface area contributed by atoms with Crippen molar-refractivity contribution in [3.63, 3.8) is 0 Å². The van der Waals surface area contributed by atoms with E-state index in [9.17, 15) is 4.79 Å². The number of Topliss-reactive ketones (excluding diaryl/α,β-unsaturated/α-hetero) is 1. The molecule has 0 saturated carbocycles. The molecule has 0 unspecified atom stereocenters. The first-order valence-corrected chi connectivity index (χ1v) is 8.31. The fraction of sp³-hybridized carbons (Fsp3) is 0.632. The molecule has 0 bridgehead atoms. The van der Waals surface area contributed by atoms with Crippen molar-refractivity contribution in [2.45, 2.75) is 59.3 Å². The van der Waals surface area contributed by atoms with Crippen molar-refractivity contribution in [2.75, 3.05) is 7.11 Å². The normalized spacial score (nSPS) is 12.4. The molecular weight excluding hydrogens is 260 g/mol. The average Bonchev–Trinajstić information content (AvgIpc) is 2.53. The van der Waals surface area contributed by atoms with Crippen molar-refractivity contribution in [1.29, 1.82) is 0 Å². The van der Waals surface area contributed by atoms with Crippen molar-refractivity contribution in [2.24, 2.45) is 11.8 Å². The molecule has 1 aromatic carbocycles. The maximum Gasteiger partial charge on any atom is 0.135 e. The molecule has 2 heteroatoms. The van der Waals surface area contributed by atoms with Gasteiger partial charge in [-0.15, -0.1) is 0 Å². The van der Waals surface area contributed by atoms with E-state index in [0.717, 1.165) is 37.9 Å². The summed E-state index contributed by atoms with van der Waals surface area (Å²) < 4.78 is 5.26. The molecule has 0 N–H and O–H groups in total. The van der Waals surface area contributed by atoms with Crippen LogP contribution in [0.4, 0.5) is 0 Å². The minimum Gasteiger partial charge on any atom is -0.497 e. The predicted molar refractivity (Wildman–Crippen MR) is 88.8 cm³/mol. The first-order chi connectivity index (χ1) is 10.2. The molecule has 1 aromatic rings. The quantitative estimate of drug-likeness (QED) is 0.603. The number of benzene rings is 1. The number of rotatable bonds is 10. The Balaban J connectivity index is 2.58. The summed E-state index contributed by atoms with van der Waals surface area (Å²) in [5.41, 5.74) is 1.29. The van der Waals surface area contributed by atoms with Crippen LogP contribution in [0.3, 0.4) is 0 Å². The Hall–Kier alpha value is -1.31. The van der Waals surface area contributed by atoms with Crippen LogP contribution in [0.1, 0.15) is 58.4 Å². The summed E-state index contributed by atoms with van der Waals surface area (Å²) in [4.78, 5) is 12.2. The number of aryl methyl sites for hydroxylation is 1. The van der Waals surface area contributed by atoms with Crippen LogP contribution < -0.4 is 4.74 Å². The molecule has 1 rings (SSSR count). The lowest BCUT2D eigenvalue weighted by Crippen LogP contribution is -2.23. The van der Waals surface area contributed by atoms with Gasteiger partial charge in [0, 0.05) is 12.3 Å². The number of hydrogen-bond donors (Lipinski definition) is 0. The van der Waals surface area contributed by atoms with Gasteiger partial charge < -0.3 is 4.74 Å². The van der Waals surface area contributed by atoms with Crippen molar-refractivity contribution in [3.05, 3.63) is 29.8 Å². The third-order valence-corrected chi connectivity index (χ3v) is 4.49. The van der Waals surface area contributed by atoms with E-state index in [2.05, 4.69) is 26.0 Å². The topological polar surface area (TPSA) is 26.3 Å².